The van der Waals surface area contributed by atoms with Gasteiger partial charge in [-0.05, 0) is 42.3 Å². The van der Waals surface area contributed by atoms with E-state index in [-0.39, 0.29) is 22.5 Å². The summed E-state index contributed by atoms with van der Waals surface area (Å²) in [6.45, 7) is 4.25. The van der Waals surface area contributed by atoms with Gasteiger partial charge in [-0.3, -0.25) is 4.79 Å². The molecule has 1 aromatic heterocycles. The number of carbonyl (C=O) groups excluding carboxylic acids is 1. The predicted molar refractivity (Wildman–Crippen MR) is 115 cm³/mol. The Morgan fingerprint density at radius 1 is 1.14 bits per heavy atom. The Labute approximate surface area is 172 Å². The molecule has 0 radical (unpaired) electrons. The van der Waals surface area contributed by atoms with Gasteiger partial charge in [-0.2, -0.15) is 0 Å². The second-order valence-electron chi connectivity index (χ2n) is 6.55. The molecule has 2 N–H and O–H groups in total. The molecule has 1 amide bonds. The molecular formula is C19H21N3O3S3. The molecule has 2 aromatic carbocycles. The molecule has 0 aliphatic heterocycles. The summed E-state index contributed by atoms with van der Waals surface area (Å²) in [4.78, 5) is 16.8. The van der Waals surface area contributed by atoms with Crippen LogP contribution in [0.4, 0.5) is 5.69 Å². The van der Waals surface area contributed by atoms with Crippen LogP contribution in [0.5, 0.6) is 0 Å². The fraction of sp³-hybridized carbons (Fsp3) is 0.263. The summed E-state index contributed by atoms with van der Waals surface area (Å²) in [7, 11) is -3.53. The molecule has 3 rings (SSSR count). The zero-order chi connectivity index (χ0) is 20.1. The van der Waals surface area contributed by atoms with E-state index in [4.69, 9.17) is 0 Å². The van der Waals surface area contributed by atoms with E-state index in [9.17, 15) is 13.2 Å². The smallest absolute Gasteiger partial charge is 0.240 e. The SMILES string of the molecule is CC(C)CNS(=O)(=O)c1ccc(NC(=O)CSc2nc3ccccc3s2)cc1. The van der Waals surface area contributed by atoms with Gasteiger partial charge in [0, 0.05) is 12.2 Å². The average molecular weight is 436 g/mol. The fourth-order valence-corrected chi connectivity index (χ4v) is 5.40. The summed E-state index contributed by atoms with van der Waals surface area (Å²) < 4.78 is 28.9. The lowest BCUT2D eigenvalue weighted by atomic mass is 10.2. The zero-order valence-corrected chi connectivity index (χ0v) is 18.0. The highest BCUT2D eigenvalue weighted by Gasteiger charge is 2.14. The van der Waals surface area contributed by atoms with Crippen molar-refractivity contribution in [1.29, 1.82) is 0 Å². The quantitative estimate of drug-likeness (QED) is 0.523. The van der Waals surface area contributed by atoms with Crippen LogP contribution < -0.4 is 10.0 Å². The van der Waals surface area contributed by atoms with Crippen LogP contribution in [-0.2, 0) is 14.8 Å². The number of para-hydroxylation sites is 1. The van der Waals surface area contributed by atoms with Crippen molar-refractivity contribution >= 4 is 54.9 Å². The number of amides is 1. The maximum atomic E-state index is 12.2. The lowest BCUT2D eigenvalue weighted by Gasteiger charge is -2.10. The maximum Gasteiger partial charge on any atom is 0.240 e. The van der Waals surface area contributed by atoms with Crippen molar-refractivity contribution in [1.82, 2.24) is 9.71 Å². The minimum atomic E-state index is -3.53. The molecule has 9 heteroatoms. The molecule has 0 aliphatic carbocycles. The van der Waals surface area contributed by atoms with Crippen LogP contribution in [0.1, 0.15) is 13.8 Å². The molecule has 148 valence electrons. The first kappa shape index (κ1) is 20.8. The number of anilines is 1. The van der Waals surface area contributed by atoms with Gasteiger partial charge in [-0.15, -0.1) is 11.3 Å². The van der Waals surface area contributed by atoms with Crippen LogP contribution in [-0.4, -0.2) is 31.6 Å². The number of fused-ring (bicyclic) bond motifs is 1. The Bertz CT molecular complexity index is 1030. The summed E-state index contributed by atoms with van der Waals surface area (Å²) >= 11 is 2.93. The van der Waals surface area contributed by atoms with E-state index < -0.39 is 10.0 Å². The third-order valence-electron chi connectivity index (χ3n) is 3.73. The Kier molecular flexibility index (Phi) is 6.71. The second kappa shape index (κ2) is 9.04. The van der Waals surface area contributed by atoms with Gasteiger partial charge in [0.05, 0.1) is 20.9 Å². The number of hydrogen-bond acceptors (Lipinski definition) is 6. The molecule has 0 aliphatic rings. The summed E-state index contributed by atoms with van der Waals surface area (Å²) in [5.74, 6) is 0.287. The van der Waals surface area contributed by atoms with E-state index >= 15 is 0 Å². The number of sulfonamides is 1. The van der Waals surface area contributed by atoms with Crippen LogP contribution in [0.3, 0.4) is 0 Å². The van der Waals surface area contributed by atoms with E-state index in [0.29, 0.717) is 12.2 Å². The first-order valence-electron chi connectivity index (χ1n) is 8.71. The van der Waals surface area contributed by atoms with Crippen molar-refractivity contribution in [2.75, 3.05) is 17.6 Å². The predicted octanol–water partition coefficient (Wildman–Crippen LogP) is 3.96. The van der Waals surface area contributed by atoms with Crippen molar-refractivity contribution in [3.05, 3.63) is 48.5 Å². The molecule has 0 saturated heterocycles. The van der Waals surface area contributed by atoms with E-state index in [2.05, 4.69) is 15.0 Å². The Morgan fingerprint density at radius 3 is 2.54 bits per heavy atom. The molecule has 0 unspecified atom stereocenters. The maximum absolute atomic E-state index is 12.2. The summed E-state index contributed by atoms with van der Waals surface area (Å²) in [6.07, 6.45) is 0. The number of nitrogens with one attached hydrogen (secondary N) is 2. The molecule has 6 nitrogen and oxygen atoms in total. The molecule has 28 heavy (non-hydrogen) atoms. The number of carbonyl (C=O) groups is 1. The average Bonchev–Trinajstić information content (AvgIpc) is 3.08. The number of hydrogen-bond donors (Lipinski definition) is 2. The van der Waals surface area contributed by atoms with Gasteiger partial charge in [0.1, 0.15) is 0 Å². The molecule has 0 bridgehead atoms. The Morgan fingerprint density at radius 2 is 1.86 bits per heavy atom. The van der Waals surface area contributed by atoms with Crippen molar-refractivity contribution < 1.29 is 13.2 Å². The third-order valence-corrected chi connectivity index (χ3v) is 7.35. The van der Waals surface area contributed by atoms with E-state index in [1.54, 1.807) is 23.5 Å². The number of rotatable bonds is 8. The Balaban J connectivity index is 1.55. The van der Waals surface area contributed by atoms with Crippen molar-refractivity contribution in [3.63, 3.8) is 0 Å². The Hall–Kier alpha value is -1.94. The van der Waals surface area contributed by atoms with Crippen LogP contribution in [0.25, 0.3) is 10.2 Å². The first-order chi connectivity index (χ1) is 13.3. The minimum Gasteiger partial charge on any atom is -0.325 e. The summed E-state index contributed by atoms with van der Waals surface area (Å²) in [6, 6.07) is 14.0. The van der Waals surface area contributed by atoms with Gasteiger partial charge in [0.25, 0.3) is 0 Å². The number of thiazole rings is 1. The minimum absolute atomic E-state index is 0.169. The molecule has 0 atom stereocenters. The number of aromatic nitrogens is 1. The molecule has 0 fully saturated rings. The van der Waals surface area contributed by atoms with Crippen molar-refractivity contribution in [2.24, 2.45) is 5.92 Å². The van der Waals surface area contributed by atoms with Gasteiger partial charge in [-0.1, -0.05) is 37.7 Å². The highest BCUT2D eigenvalue weighted by molar-refractivity contribution is 8.01. The number of benzene rings is 2. The van der Waals surface area contributed by atoms with Crippen molar-refractivity contribution in [3.8, 4) is 0 Å². The van der Waals surface area contributed by atoms with Gasteiger partial charge in [0.15, 0.2) is 4.34 Å². The van der Waals surface area contributed by atoms with Gasteiger partial charge < -0.3 is 5.32 Å². The van der Waals surface area contributed by atoms with E-state index in [0.717, 1.165) is 14.6 Å². The molecular weight excluding hydrogens is 414 g/mol. The van der Waals surface area contributed by atoms with Crippen LogP contribution in [0, 0.1) is 5.92 Å². The fourth-order valence-electron chi connectivity index (χ4n) is 2.31. The third kappa shape index (κ3) is 5.54. The first-order valence-corrected chi connectivity index (χ1v) is 12.0. The van der Waals surface area contributed by atoms with Gasteiger partial charge >= 0.3 is 0 Å². The van der Waals surface area contributed by atoms with Crippen LogP contribution in [0.15, 0.2) is 57.8 Å². The largest absolute Gasteiger partial charge is 0.325 e. The molecule has 1 heterocycles. The van der Waals surface area contributed by atoms with Crippen LogP contribution >= 0.6 is 23.1 Å². The lowest BCUT2D eigenvalue weighted by Crippen LogP contribution is -2.27. The number of nitrogens with zero attached hydrogens (tertiary/aromatic N) is 1. The standard InChI is InChI=1S/C19H21N3O3S3/c1-13(2)11-20-28(24,25)15-9-7-14(8-10-15)21-18(23)12-26-19-22-16-5-3-4-6-17(16)27-19/h3-10,13,20H,11-12H2,1-2H3,(H,21,23). The number of thioether (sulfide) groups is 1. The zero-order valence-electron chi connectivity index (χ0n) is 15.5. The van der Waals surface area contributed by atoms with Crippen LogP contribution in [0.2, 0.25) is 0 Å². The molecule has 3 aromatic rings. The summed E-state index contributed by atoms with van der Waals surface area (Å²) in [5.41, 5.74) is 1.48. The molecule has 0 saturated carbocycles. The normalized spacial score (nSPS) is 11.8. The van der Waals surface area contributed by atoms with E-state index in [1.807, 2.05) is 38.1 Å². The van der Waals surface area contributed by atoms with Gasteiger partial charge in [-0.25, -0.2) is 18.1 Å². The van der Waals surface area contributed by atoms with Gasteiger partial charge in [0.2, 0.25) is 15.9 Å². The topological polar surface area (TPSA) is 88.2 Å². The highest BCUT2D eigenvalue weighted by atomic mass is 32.2. The second-order valence-corrected chi connectivity index (χ2v) is 10.6. The lowest BCUT2D eigenvalue weighted by molar-refractivity contribution is -0.113. The molecule has 0 spiro atoms. The highest BCUT2D eigenvalue weighted by Crippen LogP contribution is 2.29. The van der Waals surface area contributed by atoms with Crippen molar-refractivity contribution in [2.45, 2.75) is 23.1 Å². The summed E-state index contributed by atoms with van der Waals surface area (Å²) in [5, 5.41) is 2.78. The monoisotopic (exact) mass is 435 g/mol. The van der Waals surface area contributed by atoms with E-state index in [1.165, 1.54) is 23.9 Å².